The summed E-state index contributed by atoms with van der Waals surface area (Å²) in [7, 11) is 0. The van der Waals surface area contributed by atoms with Crippen LogP contribution in [0.3, 0.4) is 0 Å². The molecule has 9 rings (SSSR count). The summed E-state index contributed by atoms with van der Waals surface area (Å²) in [6.07, 6.45) is 0. The van der Waals surface area contributed by atoms with E-state index in [-0.39, 0.29) is 0 Å². The molecule has 0 aliphatic heterocycles. The molecule has 1 nitrogen and oxygen atoms in total. The zero-order valence-electron chi connectivity index (χ0n) is 27.0. The first kappa shape index (κ1) is 28.8. The van der Waals surface area contributed by atoms with Crippen LogP contribution in [-0.2, 0) is 0 Å². The predicted molar refractivity (Wildman–Crippen MR) is 210 cm³/mol. The second-order valence-electron chi connectivity index (χ2n) is 12.5. The van der Waals surface area contributed by atoms with Gasteiger partial charge in [-0.05, 0) is 102 Å². The van der Waals surface area contributed by atoms with Gasteiger partial charge in [-0.1, -0.05) is 164 Å². The van der Waals surface area contributed by atoms with Gasteiger partial charge in [0.05, 0.1) is 0 Å². The first-order valence-corrected chi connectivity index (χ1v) is 16.9. The molecule has 0 aliphatic carbocycles. The van der Waals surface area contributed by atoms with Crippen molar-refractivity contribution in [3.63, 3.8) is 0 Å². The van der Waals surface area contributed by atoms with Crippen LogP contribution in [0.2, 0.25) is 0 Å². The average molecular weight is 624 g/mol. The van der Waals surface area contributed by atoms with Gasteiger partial charge in [0.2, 0.25) is 0 Å². The zero-order chi connectivity index (χ0) is 32.6. The van der Waals surface area contributed by atoms with Gasteiger partial charge in [0.25, 0.3) is 0 Å². The summed E-state index contributed by atoms with van der Waals surface area (Å²) in [5, 5.41) is 7.66. The summed E-state index contributed by atoms with van der Waals surface area (Å²) in [4.78, 5) is 2.35. The van der Waals surface area contributed by atoms with Crippen molar-refractivity contribution in [1.82, 2.24) is 0 Å². The third kappa shape index (κ3) is 5.23. The molecule has 0 amide bonds. The SMILES string of the molecule is c1ccc(-c2ccc(N(c3ccccc3)c3ccc(-c4cccc5c4ccc4ccc6ccccc6c45)c(-c4ccccc4)c3)cc2)cc1. The van der Waals surface area contributed by atoms with Crippen LogP contribution in [0, 0.1) is 0 Å². The van der Waals surface area contributed by atoms with E-state index in [9.17, 15) is 0 Å². The maximum Gasteiger partial charge on any atom is 0.0468 e. The van der Waals surface area contributed by atoms with Gasteiger partial charge in [0.1, 0.15) is 0 Å². The number of hydrogen-bond acceptors (Lipinski definition) is 1. The van der Waals surface area contributed by atoms with Crippen molar-refractivity contribution in [3.8, 4) is 33.4 Å². The Balaban J connectivity index is 1.24. The van der Waals surface area contributed by atoms with Crippen molar-refractivity contribution in [2.24, 2.45) is 0 Å². The number of hydrogen-bond donors (Lipinski definition) is 0. The maximum absolute atomic E-state index is 2.36. The lowest BCUT2D eigenvalue weighted by atomic mass is 9.88. The van der Waals surface area contributed by atoms with Gasteiger partial charge in [0.15, 0.2) is 0 Å². The largest absolute Gasteiger partial charge is 0.310 e. The van der Waals surface area contributed by atoms with Gasteiger partial charge >= 0.3 is 0 Å². The van der Waals surface area contributed by atoms with Gasteiger partial charge < -0.3 is 4.90 Å². The summed E-state index contributed by atoms with van der Waals surface area (Å²) >= 11 is 0. The third-order valence-corrected chi connectivity index (χ3v) is 9.65. The monoisotopic (exact) mass is 623 g/mol. The molecule has 0 radical (unpaired) electrons. The minimum absolute atomic E-state index is 1.11. The third-order valence-electron chi connectivity index (χ3n) is 9.65. The molecule has 0 spiro atoms. The van der Waals surface area contributed by atoms with E-state index in [1.165, 1.54) is 65.7 Å². The number of nitrogens with zero attached hydrogens (tertiary/aromatic N) is 1. The first-order valence-electron chi connectivity index (χ1n) is 16.9. The van der Waals surface area contributed by atoms with E-state index in [0.717, 1.165) is 17.1 Å². The molecule has 9 aromatic rings. The minimum atomic E-state index is 1.11. The van der Waals surface area contributed by atoms with Crippen LogP contribution in [0.1, 0.15) is 0 Å². The molecule has 0 bridgehead atoms. The Kier molecular flexibility index (Phi) is 7.22. The second-order valence-corrected chi connectivity index (χ2v) is 12.5. The van der Waals surface area contributed by atoms with E-state index < -0.39 is 0 Å². The molecular weight excluding hydrogens is 591 g/mol. The molecule has 0 saturated heterocycles. The van der Waals surface area contributed by atoms with Crippen LogP contribution in [0.4, 0.5) is 17.1 Å². The van der Waals surface area contributed by atoms with E-state index in [1.54, 1.807) is 0 Å². The molecule has 49 heavy (non-hydrogen) atoms. The molecule has 0 heterocycles. The zero-order valence-corrected chi connectivity index (χ0v) is 27.0. The normalized spacial score (nSPS) is 11.3. The van der Waals surface area contributed by atoms with Gasteiger partial charge in [-0.25, -0.2) is 0 Å². The Labute approximate surface area is 287 Å². The Hall–Kier alpha value is -6.44. The molecule has 0 N–H and O–H groups in total. The Morgan fingerprint density at radius 1 is 0.265 bits per heavy atom. The topological polar surface area (TPSA) is 3.24 Å². The van der Waals surface area contributed by atoms with E-state index >= 15 is 0 Å². The Morgan fingerprint density at radius 3 is 1.61 bits per heavy atom. The summed E-state index contributed by atoms with van der Waals surface area (Å²) < 4.78 is 0. The van der Waals surface area contributed by atoms with Crippen LogP contribution < -0.4 is 4.90 Å². The van der Waals surface area contributed by atoms with Gasteiger partial charge in [-0.2, -0.15) is 0 Å². The summed E-state index contributed by atoms with van der Waals surface area (Å²) in [5.41, 5.74) is 10.6. The van der Waals surface area contributed by atoms with Crippen molar-refractivity contribution in [2.45, 2.75) is 0 Å². The summed E-state index contributed by atoms with van der Waals surface area (Å²) in [6, 6.07) is 72.4. The highest BCUT2D eigenvalue weighted by molar-refractivity contribution is 6.22. The fraction of sp³-hybridized carbons (Fsp3) is 0. The standard InChI is InChI=1S/C48H33N/c1-4-13-34(14-5-1)35-25-28-40(29-26-35)49(39-18-8-3-9-19-39)41-30-32-45(47(33-41)36-15-6-2-7-16-36)43-21-12-22-46-44(43)31-27-38-24-23-37-17-10-11-20-42(37)48(38)46/h1-33H. The highest BCUT2D eigenvalue weighted by atomic mass is 15.1. The van der Waals surface area contributed by atoms with Gasteiger partial charge in [-0.15, -0.1) is 0 Å². The van der Waals surface area contributed by atoms with Crippen molar-refractivity contribution in [3.05, 3.63) is 200 Å². The lowest BCUT2D eigenvalue weighted by Crippen LogP contribution is -2.10. The van der Waals surface area contributed by atoms with E-state index in [0.29, 0.717) is 0 Å². The molecule has 0 fully saturated rings. The fourth-order valence-electron chi connectivity index (χ4n) is 7.32. The van der Waals surface area contributed by atoms with Crippen molar-refractivity contribution >= 4 is 49.4 Å². The molecule has 0 unspecified atom stereocenters. The molecule has 0 aliphatic rings. The van der Waals surface area contributed by atoms with Crippen molar-refractivity contribution in [2.75, 3.05) is 4.90 Å². The summed E-state index contributed by atoms with van der Waals surface area (Å²) in [6.45, 7) is 0. The Morgan fingerprint density at radius 2 is 0.837 bits per heavy atom. The highest BCUT2D eigenvalue weighted by Gasteiger charge is 2.18. The minimum Gasteiger partial charge on any atom is -0.310 e. The molecule has 0 aromatic heterocycles. The van der Waals surface area contributed by atoms with E-state index in [2.05, 4.69) is 205 Å². The predicted octanol–water partition coefficient (Wildman–Crippen LogP) is 13.6. The lowest BCUT2D eigenvalue weighted by Gasteiger charge is -2.27. The van der Waals surface area contributed by atoms with Crippen molar-refractivity contribution < 1.29 is 0 Å². The highest BCUT2D eigenvalue weighted by Crippen LogP contribution is 2.44. The molecule has 9 aromatic carbocycles. The van der Waals surface area contributed by atoms with Crippen LogP contribution in [0.5, 0.6) is 0 Å². The number of para-hydroxylation sites is 1. The fourth-order valence-corrected chi connectivity index (χ4v) is 7.32. The number of rotatable bonds is 6. The molecule has 0 saturated carbocycles. The number of fused-ring (bicyclic) bond motifs is 5. The molecule has 230 valence electrons. The lowest BCUT2D eigenvalue weighted by molar-refractivity contribution is 1.28. The second kappa shape index (κ2) is 12.3. The number of anilines is 3. The van der Waals surface area contributed by atoms with Crippen molar-refractivity contribution in [1.29, 1.82) is 0 Å². The van der Waals surface area contributed by atoms with Crippen LogP contribution in [0.15, 0.2) is 200 Å². The van der Waals surface area contributed by atoms with Gasteiger partial charge in [-0.3, -0.25) is 0 Å². The van der Waals surface area contributed by atoms with Crippen LogP contribution >= 0.6 is 0 Å². The van der Waals surface area contributed by atoms with Crippen LogP contribution in [0.25, 0.3) is 65.7 Å². The first-order chi connectivity index (χ1) is 24.3. The van der Waals surface area contributed by atoms with Crippen LogP contribution in [-0.4, -0.2) is 0 Å². The maximum atomic E-state index is 2.36. The quantitative estimate of drug-likeness (QED) is 0.167. The van der Waals surface area contributed by atoms with E-state index in [1.807, 2.05) is 0 Å². The molecule has 1 heteroatoms. The van der Waals surface area contributed by atoms with Gasteiger partial charge in [0, 0.05) is 17.1 Å². The molecule has 0 atom stereocenters. The smallest absolute Gasteiger partial charge is 0.0468 e. The average Bonchev–Trinajstić information content (AvgIpc) is 3.19. The Bertz CT molecular complexity index is 2570. The van der Waals surface area contributed by atoms with E-state index in [4.69, 9.17) is 0 Å². The summed E-state index contributed by atoms with van der Waals surface area (Å²) in [5.74, 6) is 0. The molecular formula is C48H33N. The number of benzene rings is 9.